The van der Waals surface area contributed by atoms with Crippen LogP contribution in [0.1, 0.15) is 5.56 Å². The van der Waals surface area contributed by atoms with Gasteiger partial charge in [-0.1, -0.05) is 0 Å². The fourth-order valence-electron chi connectivity index (χ4n) is 2.34. The highest BCUT2D eigenvalue weighted by Crippen LogP contribution is 2.25. The van der Waals surface area contributed by atoms with E-state index >= 15 is 0 Å². The number of nitrogens with two attached hydrogens (primary N) is 2. The van der Waals surface area contributed by atoms with Gasteiger partial charge in [0.05, 0.1) is 21.9 Å². The van der Waals surface area contributed by atoms with Crippen LogP contribution in [0.15, 0.2) is 10.9 Å². The molecule has 20 heavy (non-hydrogen) atoms. The highest BCUT2D eigenvalue weighted by molar-refractivity contribution is 5.98. The summed E-state index contributed by atoms with van der Waals surface area (Å²) in [4.78, 5) is 26.3. The molecule has 0 atom stereocenters. The first-order chi connectivity index (χ1) is 9.63. The highest BCUT2D eigenvalue weighted by Gasteiger charge is 2.15. The SMILES string of the molecule is CNc1nc2c(CCN)c3nc(N)[nH]c(=O)c3cc2[nH]1. The second-order valence-corrected chi connectivity index (χ2v) is 4.47. The van der Waals surface area contributed by atoms with Crippen molar-refractivity contribution in [1.82, 2.24) is 19.9 Å². The van der Waals surface area contributed by atoms with Crippen molar-refractivity contribution in [2.45, 2.75) is 6.42 Å². The Morgan fingerprint density at radius 3 is 2.80 bits per heavy atom. The topological polar surface area (TPSA) is 138 Å². The Balaban J connectivity index is 2.49. The quantitative estimate of drug-likeness (QED) is 0.452. The van der Waals surface area contributed by atoms with Gasteiger partial charge in [0.15, 0.2) is 0 Å². The summed E-state index contributed by atoms with van der Waals surface area (Å²) in [6.45, 7) is 0.435. The van der Waals surface area contributed by atoms with E-state index in [-0.39, 0.29) is 11.5 Å². The van der Waals surface area contributed by atoms with Gasteiger partial charge >= 0.3 is 0 Å². The Labute approximate surface area is 113 Å². The molecule has 3 rings (SSSR count). The number of fused-ring (bicyclic) bond motifs is 2. The number of nitrogens with one attached hydrogen (secondary N) is 3. The van der Waals surface area contributed by atoms with Crippen molar-refractivity contribution in [3.8, 4) is 0 Å². The Hall–Kier alpha value is -2.61. The summed E-state index contributed by atoms with van der Waals surface area (Å²) >= 11 is 0. The molecule has 0 bridgehead atoms. The minimum atomic E-state index is -0.270. The maximum atomic E-state index is 12.0. The molecular formula is C12H15N7O. The zero-order chi connectivity index (χ0) is 14.3. The second kappa shape index (κ2) is 4.49. The van der Waals surface area contributed by atoms with Crippen molar-refractivity contribution >= 4 is 33.8 Å². The zero-order valence-corrected chi connectivity index (χ0v) is 10.9. The van der Waals surface area contributed by atoms with Crippen LogP contribution < -0.4 is 22.3 Å². The van der Waals surface area contributed by atoms with Crippen molar-refractivity contribution in [1.29, 1.82) is 0 Å². The average Bonchev–Trinajstić information content (AvgIpc) is 2.83. The van der Waals surface area contributed by atoms with E-state index in [0.717, 1.165) is 16.6 Å². The van der Waals surface area contributed by atoms with E-state index in [4.69, 9.17) is 11.5 Å². The predicted molar refractivity (Wildman–Crippen MR) is 78.7 cm³/mol. The molecule has 3 aromatic rings. The van der Waals surface area contributed by atoms with E-state index in [2.05, 4.69) is 25.3 Å². The van der Waals surface area contributed by atoms with Gasteiger partial charge in [0.2, 0.25) is 11.9 Å². The number of aromatic nitrogens is 4. The molecule has 0 radical (unpaired) electrons. The predicted octanol–water partition coefficient (Wildman–Crippen LogP) is -0.0755. The summed E-state index contributed by atoms with van der Waals surface area (Å²) in [5, 5.41) is 3.41. The minimum Gasteiger partial charge on any atom is -0.369 e. The highest BCUT2D eigenvalue weighted by atomic mass is 16.1. The number of hydrogen-bond acceptors (Lipinski definition) is 6. The number of aromatic amines is 2. The summed E-state index contributed by atoms with van der Waals surface area (Å²) in [6, 6.07) is 1.73. The van der Waals surface area contributed by atoms with Crippen molar-refractivity contribution in [3.05, 3.63) is 22.0 Å². The summed E-state index contributed by atoms with van der Waals surface area (Å²) in [5.74, 6) is 0.711. The molecule has 0 aliphatic carbocycles. The van der Waals surface area contributed by atoms with Gasteiger partial charge in [-0.15, -0.1) is 0 Å². The molecule has 8 nitrogen and oxygen atoms in total. The first-order valence-corrected chi connectivity index (χ1v) is 6.23. The number of rotatable bonds is 3. The average molecular weight is 273 g/mol. The maximum absolute atomic E-state index is 12.0. The van der Waals surface area contributed by atoms with Gasteiger partial charge in [-0.3, -0.25) is 9.78 Å². The van der Waals surface area contributed by atoms with Gasteiger partial charge in [-0.25, -0.2) is 9.97 Å². The van der Waals surface area contributed by atoms with Gasteiger partial charge in [-0.2, -0.15) is 0 Å². The fourth-order valence-corrected chi connectivity index (χ4v) is 2.34. The number of H-pyrrole nitrogens is 2. The molecule has 0 unspecified atom stereocenters. The number of nitrogen functional groups attached to an aromatic ring is 1. The second-order valence-electron chi connectivity index (χ2n) is 4.47. The lowest BCUT2D eigenvalue weighted by Crippen LogP contribution is -2.13. The molecule has 1 aromatic carbocycles. The fraction of sp³-hybridized carbons (Fsp3) is 0.250. The molecule has 0 aliphatic rings. The molecule has 2 aromatic heterocycles. The van der Waals surface area contributed by atoms with Gasteiger partial charge in [0.25, 0.3) is 5.56 Å². The molecule has 8 heteroatoms. The summed E-state index contributed by atoms with van der Waals surface area (Å²) in [6.07, 6.45) is 0.567. The van der Waals surface area contributed by atoms with Crippen LogP contribution in [0.4, 0.5) is 11.9 Å². The molecule has 0 aliphatic heterocycles. The van der Waals surface area contributed by atoms with Gasteiger partial charge in [0.1, 0.15) is 0 Å². The first kappa shape index (κ1) is 12.4. The number of imidazole rings is 1. The zero-order valence-electron chi connectivity index (χ0n) is 10.9. The molecule has 7 N–H and O–H groups in total. The minimum absolute atomic E-state index is 0.0875. The van der Waals surface area contributed by atoms with E-state index in [1.165, 1.54) is 0 Å². The van der Waals surface area contributed by atoms with Crippen LogP contribution in [0, 0.1) is 0 Å². The van der Waals surface area contributed by atoms with Crippen molar-refractivity contribution in [2.24, 2.45) is 5.73 Å². The lowest BCUT2D eigenvalue weighted by Gasteiger charge is -2.06. The van der Waals surface area contributed by atoms with Crippen LogP contribution in [0.5, 0.6) is 0 Å². The number of nitrogens with zero attached hydrogens (tertiary/aromatic N) is 2. The van der Waals surface area contributed by atoms with Gasteiger partial charge in [-0.05, 0) is 19.0 Å². The van der Waals surface area contributed by atoms with E-state index in [9.17, 15) is 4.79 Å². The summed E-state index contributed by atoms with van der Waals surface area (Å²) in [7, 11) is 1.77. The molecule has 0 spiro atoms. The molecule has 104 valence electrons. The van der Waals surface area contributed by atoms with E-state index < -0.39 is 0 Å². The first-order valence-electron chi connectivity index (χ1n) is 6.23. The van der Waals surface area contributed by atoms with Crippen LogP contribution in [-0.4, -0.2) is 33.5 Å². The maximum Gasteiger partial charge on any atom is 0.260 e. The number of benzene rings is 1. The Morgan fingerprint density at radius 1 is 1.30 bits per heavy atom. The third kappa shape index (κ3) is 1.77. The van der Waals surface area contributed by atoms with Crippen LogP contribution >= 0.6 is 0 Å². The number of anilines is 2. The normalized spacial score (nSPS) is 11.3. The Morgan fingerprint density at radius 2 is 2.10 bits per heavy atom. The molecule has 0 fully saturated rings. The standard InChI is InChI=1S/C12H15N7O/c1-15-12-16-7-4-6-8(17-11(14)19-10(6)20)5(2-3-13)9(7)18-12/h4H,2-3,13H2,1H3,(H2,15,16,18)(H3,14,17,19,20). The molecule has 0 saturated heterocycles. The monoisotopic (exact) mass is 273 g/mol. The van der Waals surface area contributed by atoms with Gasteiger partial charge in [0, 0.05) is 12.6 Å². The van der Waals surface area contributed by atoms with Crippen LogP contribution in [0.2, 0.25) is 0 Å². The lowest BCUT2D eigenvalue weighted by molar-refractivity contribution is 0.977. The third-order valence-corrected chi connectivity index (χ3v) is 3.20. The van der Waals surface area contributed by atoms with Crippen molar-refractivity contribution < 1.29 is 0 Å². The molecule has 0 saturated carbocycles. The van der Waals surface area contributed by atoms with Crippen LogP contribution in [0.3, 0.4) is 0 Å². The van der Waals surface area contributed by atoms with E-state index in [0.29, 0.717) is 29.8 Å². The molecular weight excluding hydrogens is 258 g/mol. The summed E-state index contributed by atoms with van der Waals surface area (Å²) in [5.41, 5.74) is 13.9. The molecule has 2 heterocycles. The molecule has 0 amide bonds. The van der Waals surface area contributed by atoms with Crippen LogP contribution in [0.25, 0.3) is 21.9 Å². The Bertz CT molecular complexity index is 848. The lowest BCUT2D eigenvalue weighted by atomic mass is 10.1. The Kier molecular flexibility index (Phi) is 2.79. The van der Waals surface area contributed by atoms with Crippen molar-refractivity contribution in [3.63, 3.8) is 0 Å². The largest absolute Gasteiger partial charge is 0.369 e. The van der Waals surface area contributed by atoms with Crippen LogP contribution in [-0.2, 0) is 6.42 Å². The van der Waals surface area contributed by atoms with Gasteiger partial charge < -0.3 is 21.8 Å². The van der Waals surface area contributed by atoms with Crippen molar-refractivity contribution in [2.75, 3.05) is 24.6 Å². The third-order valence-electron chi connectivity index (χ3n) is 3.20. The van der Waals surface area contributed by atoms with E-state index in [1.807, 2.05) is 0 Å². The summed E-state index contributed by atoms with van der Waals surface area (Å²) < 4.78 is 0. The smallest absolute Gasteiger partial charge is 0.260 e. The number of hydrogen-bond donors (Lipinski definition) is 5. The van der Waals surface area contributed by atoms with E-state index in [1.54, 1.807) is 13.1 Å².